The van der Waals surface area contributed by atoms with Crippen LogP contribution in [-0.4, -0.2) is 34.0 Å². The van der Waals surface area contributed by atoms with Crippen molar-refractivity contribution in [3.05, 3.63) is 65.5 Å². The van der Waals surface area contributed by atoms with Crippen LogP contribution in [0.5, 0.6) is 0 Å². The molecule has 1 aliphatic heterocycles. The Morgan fingerprint density at radius 1 is 1.29 bits per heavy atom. The smallest absolute Gasteiger partial charge is 0.325 e. The first kappa shape index (κ1) is 13.8. The molecule has 0 bridgehead atoms. The van der Waals surface area contributed by atoms with Crippen LogP contribution < -0.4 is 0 Å². The number of benzene rings is 1. The van der Waals surface area contributed by atoms with E-state index < -0.39 is 12.0 Å². The van der Waals surface area contributed by atoms with Gasteiger partial charge in [0.05, 0.1) is 0 Å². The lowest BCUT2D eigenvalue weighted by Crippen LogP contribution is -2.40. The van der Waals surface area contributed by atoms with Gasteiger partial charge in [-0.3, -0.25) is 14.7 Å². The molecule has 1 aliphatic rings. The summed E-state index contributed by atoms with van der Waals surface area (Å²) in [7, 11) is 0. The quantitative estimate of drug-likeness (QED) is 0.935. The molecular formula is C17H18N2O2. The molecule has 1 aromatic heterocycles. The first-order chi connectivity index (χ1) is 10.3. The van der Waals surface area contributed by atoms with Crippen molar-refractivity contribution >= 4 is 5.97 Å². The van der Waals surface area contributed by atoms with Gasteiger partial charge in [-0.1, -0.05) is 30.3 Å². The summed E-state index contributed by atoms with van der Waals surface area (Å²) in [6.07, 6.45) is 5.32. The summed E-state index contributed by atoms with van der Waals surface area (Å²) in [5.74, 6) is -0.770. The standard InChI is InChI=1S/C17H18N2O2/c20-17(21)16-15-6-2-1-5-14(15)8-11-19(16)10-7-13-4-3-9-18-12-13/h1-6,9,12,16H,7-8,10-11H2,(H,20,21). The molecule has 0 spiro atoms. The van der Waals surface area contributed by atoms with E-state index in [1.54, 1.807) is 6.20 Å². The van der Waals surface area contributed by atoms with Crippen molar-refractivity contribution < 1.29 is 9.90 Å². The van der Waals surface area contributed by atoms with E-state index in [4.69, 9.17) is 0 Å². The number of fused-ring (bicyclic) bond motifs is 1. The normalized spacial score (nSPS) is 18.2. The maximum atomic E-state index is 11.7. The lowest BCUT2D eigenvalue weighted by Gasteiger charge is -2.34. The number of aromatic nitrogens is 1. The largest absolute Gasteiger partial charge is 0.480 e. The number of pyridine rings is 1. The lowest BCUT2D eigenvalue weighted by molar-refractivity contribution is -0.144. The Balaban J connectivity index is 1.78. The third-order valence-electron chi connectivity index (χ3n) is 4.03. The average Bonchev–Trinajstić information content (AvgIpc) is 2.53. The number of rotatable bonds is 4. The summed E-state index contributed by atoms with van der Waals surface area (Å²) in [6.45, 7) is 1.52. The third-order valence-corrected chi connectivity index (χ3v) is 4.03. The van der Waals surface area contributed by atoms with E-state index >= 15 is 0 Å². The van der Waals surface area contributed by atoms with Crippen molar-refractivity contribution in [1.29, 1.82) is 0 Å². The number of aliphatic carboxylic acids is 1. The molecule has 4 heteroatoms. The topological polar surface area (TPSA) is 53.4 Å². The minimum atomic E-state index is -0.770. The molecular weight excluding hydrogens is 264 g/mol. The highest BCUT2D eigenvalue weighted by Gasteiger charge is 2.32. The zero-order chi connectivity index (χ0) is 14.7. The second-order valence-corrected chi connectivity index (χ2v) is 5.34. The molecule has 0 fully saturated rings. The predicted molar refractivity (Wildman–Crippen MR) is 80.0 cm³/mol. The molecule has 1 aromatic carbocycles. The fraction of sp³-hybridized carbons (Fsp3) is 0.294. The highest BCUT2D eigenvalue weighted by atomic mass is 16.4. The molecule has 21 heavy (non-hydrogen) atoms. The van der Waals surface area contributed by atoms with E-state index in [9.17, 15) is 9.90 Å². The first-order valence-corrected chi connectivity index (χ1v) is 7.19. The van der Waals surface area contributed by atoms with Crippen LogP contribution in [0, 0.1) is 0 Å². The second kappa shape index (κ2) is 6.06. The Morgan fingerprint density at radius 3 is 2.90 bits per heavy atom. The number of carboxylic acids is 1. The zero-order valence-corrected chi connectivity index (χ0v) is 11.8. The Morgan fingerprint density at radius 2 is 2.14 bits per heavy atom. The minimum absolute atomic E-state index is 0.536. The van der Waals surface area contributed by atoms with E-state index in [-0.39, 0.29) is 0 Å². The molecule has 2 aromatic rings. The van der Waals surface area contributed by atoms with E-state index in [0.29, 0.717) is 0 Å². The van der Waals surface area contributed by atoms with Gasteiger partial charge in [-0.15, -0.1) is 0 Å². The average molecular weight is 282 g/mol. The molecule has 0 saturated carbocycles. The van der Waals surface area contributed by atoms with Crippen molar-refractivity contribution in [2.45, 2.75) is 18.9 Å². The Kier molecular flexibility index (Phi) is 3.97. The van der Waals surface area contributed by atoms with Crippen molar-refractivity contribution in [2.75, 3.05) is 13.1 Å². The molecule has 1 unspecified atom stereocenters. The van der Waals surface area contributed by atoms with Crippen molar-refractivity contribution in [3.8, 4) is 0 Å². The molecule has 0 radical (unpaired) electrons. The number of carbonyl (C=O) groups is 1. The van der Waals surface area contributed by atoms with E-state index in [0.717, 1.165) is 42.6 Å². The van der Waals surface area contributed by atoms with Crippen LogP contribution in [0.3, 0.4) is 0 Å². The summed E-state index contributed by atoms with van der Waals surface area (Å²) in [6, 6.07) is 11.3. The van der Waals surface area contributed by atoms with Gasteiger partial charge in [0, 0.05) is 25.5 Å². The van der Waals surface area contributed by atoms with Crippen LogP contribution in [0.4, 0.5) is 0 Å². The fourth-order valence-corrected chi connectivity index (χ4v) is 2.97. The zero-order valence-electron chi connectivity index (χ0n) is 11.8. The fourth-order valence-electron chi connectivity index (χ4n) is 2.97. The summed E-state index contributed by atoms with van der Waals surface area (Å²) in [5, 5.41) is 9.60. The number of carboxylic acid groups (broad SMARTS) is 1. The Hall–Kier alpha value is -2.20. The second-order valence-electron chi connectivity index (χ2n) is 5.34. The maximum absolute atomic E-state index is 11.7. The van der Waals surface area contributed by atoms with Gasteiger partial charge in [-0.25, -0.2) is 0 Å². The molecule has 1 N–H and O–H groups in total. The number of hydrogen-bond donors (Lipinski definition) is 1. The van der Waals surface area contributed by atoms with E-state index in [1.807, 2.05) is 42.6 Å². The highest BCUT2D eigenvalue weighted by molar-refractivity contribution is 5.76. The van der Waals surface area contributed by atoms with Gasteiger partial charge < -0.3 is 5.11 Å². The van der Waals surface area contributed by atoms with Gasteiger partial charge in [-0.05, 0) is 35.6 Å². The van der Waals surface area contributed by atoms with Crippen molar-refractivity contribution in [2.24, 2.45) is 0 Å². The lowest BCUT2D eigenvalue weighted by atomic mass is 9.92. The third kappa shape index (κ3) is 2.95. The van der Waals surface area contributed by atoms with Crippen LogP contribution >= 0.6 is 0 Å². The maximum Gasteiger partial charge on any atom is 0.325 e. The molecule has 108 valence electrons. The molecule has 0 amide bonds. The van der Waals surface area contributed by atoms with Crippen LogP contribution in [0.2, 0.25) is 0 Å². The Labute approximate surface area is 124 Å². The van der Waals surface area contributed by atoms with Gasteiger partial charge in [0.2, 0.25) is 0 Å². The van der Waals surface area contributed by atoms with Crippen LogP contribution in [-0.2, 0) is 17.6 Å². The number of nitrogens with zero attached hydrogens (tertiary/aromatic N) is 2. The van der Waals surface area contributed by atoms with Crippen molar-refractivity contribution in [1.82, 2.24) is 9.88 Å². The SMILES string of the molecule is O=C(O)C1c2ccccc2CCN1CCc1cccnc1. The molecule has 4 nitrogen and oxygen atoms in total. The molecule has 2 heterocycles. The highest BCUT2D eigenvalue weighted by Crippen LogP contribution is 2.29. The Bertz CT molecular complexity index is 628. The summed E-state index contributed by atoms with van der Waals surface area (Å²) in [5.41, 5.74) is 3.23. The predicted octanol–water partition coefficient (Wildman–Crippen LogP) is 2.31. The molecule has 1 atom stereocenters. The molecule has 0 aliphatic carbocycles. The summed E-state index contributed by atoms with van der Waals surface area (Å²) < 4.78 is 0. The van der Waals surface area contributed by atoms with E-state index in [2.05, 4.69) is 9.88 Å². The summed E-state index contributed by atoms with van der Waals surface area (Å²) in [4.78, 5) is 17.8. The van der Waals surface area contributed by atoms with E-state index in [1.165, 1.54) is 0 Å². The monoisotopic (exact) mass is 282 g/mol. The van der Waals surface area contributed by atoms with Gasteiger partial charge in [0.25, 0.3) is 0 Å². The van der Waals surface area contributed by atoms with Crippen LogP contribution in [0.25, 0.3) is 0 Å². The number of hydrogen-bond acceptors (Lipinski definition) is 3. The minimum Gasteiger partial charge on any atom is -0.480 e. The first-order valence-electron chi connectivity index (χ1n) is 7.19. The molecule has 0 saturated heterocycles. The van der Waals surface area contributed by atoms with Crippen LogP contribution in [0.15, 0.2) is 48.8 Å². The van der Waals surface area contributed by atoms with Crippen molar-refractivity contribution in [3.63, 3.8) is 0 Å². The van der Waals surface area contributed by atoms with Gasteiger partial charge >= 0.3 is 5.97 Å². The van der Waals surface area contributed by atoms with Gasteiger partial charge in [0.15, 0.2) is 0 Å². The molecule has 3 rings (SSSR count). The summed E-state index contributed by atoms with van der Waals surface area (Å²) >= 11 is 0. The van der Waals surface area contributed by atoms with Crippen LogP contribution in [0.1, 0.15) is 22.7 Å². The van der Waals surface area contributed by atoms with Gasteiger partial charge in [-0.2, -0.15) is 0 Å². The van der Waals surface area contributed by atoms with Gasteiger partial charge in [0.1, 0.15) is 6.04 Å².